The highest BCUT2D eigenvalue weighted by Gasteiger charge is 2.42. The third-order valence-electron chi connectivity index (χ3n) is 4.07. The van der Waals surface area contributed by atoms with Crippen molar-refractivity contribution in [2.45, 2.75) is 24.8 Å². The van der Waals surface area contributed by atoms with Crippen molar-refractivity contribution < 1.29 is 27.6 Å². The Morgan fingerprint density at radius 1 is 1.26 bits per heavy atom. The van der Waals surface area contributed by atoms with Crippen LogP contribution in [-0.2, 0) is 15.7 Å². The second kappa shape index (κ2) is 5.64. The van der Waals surface area contributed by atoms with Gasteiger partial charge < -0.3 is 14.4 Å². The van der Waals surface area contributed by atoms with Crippen LogP contribution < -0.4 is 4.90 Å². The van der Waals surface area contributed by atoms with E-state index in [1.807, 2.05) is 0 Å². The first kappa shape index (κ1) is 16.0. The number of ether oxygens (including phenoxy) is 2. The Morgan fingerprint density at radius 3 is 2.57 bits per heavy atom. The summed E-state index contributed by atoms with van der Waals surface area (Å²) in [5, 5.41) is 11.2. The van der Waals surface area contributed by atoms with Crippen molar-refractivity contribution in [1.82, 2.24) is 0 Å². The molecule has 126 valence electrons. The van der Waals surface area contributed by atoms with Gasteiger partial charge >= 0.3 is 6.18 Å². The lowest BCUT2D eigenvalue weighted by atomic mass is 10.0. The fourth-order valence-corrected chi connectivity index (χ4v) is 3.04. The zero-order valence-corrected chi connectivity index (χ0v) is 12.1. The highest BCUT2D eigenvalue weighted by atomic mass is 19.4. The topological polar surface area (TPSA) is 64.8 Å². The Kier molecular flexibility index (Phi) is 3.93. The predicted molar refractivity (Wildman–Crippen MR) is 74.2 cm³/mol. The Bertz CT molecular complexity index is 615. The van der Waals surface area contributed by atoms with Crippen LogP contribution in [0.3, 0.4) is 0 Å². The zero-order chi connectivity index (χ0) is 16.7. The third kappa shape index (κ3) is 3.11. The van der Waals surface area contributed by atoms with Crippen LogP contribution in [0.4, 0.5) is 24.5 Å². The highest BCUT2D eigenvalue weighted by Crippen LogP contribution is 2.39. The summed E-state index contributed by atoms with van der Waals surface area (Å²) in [4.78, 5) is 12.1. The smallest absolute Gasteiger partial charge is 0.361 e. The molecule has 0 bridgehead atoms. The summed E-state index contributed by atoms with van der Waals surface area (Å²) in [6.45, 7) is 1.66. The molecule has 0 amide bonds. The molecular formula is C14H15F3N2O4. The maximum atomic E-state index is 12.8. The van der Waals surface area contributed by atoms with E-state index >= 15 is 0 Å². The molecule has 9 heteroatoms. The lowest BCUT2D eigenvalue weighted by molar-refractivity contribution is -0.384. The van der Waals surface area contributed by atoms with Gasteiger partial charge in [-0.25, -0.2) is 0 Å². The summed E-state index contributed by atoms with van der Waals surface area (Å²) in [7, 11) is 0. The summed E-state index contributed by atoms with van der Waals surface area (Å²) in [6.07, 6.45) is -3.28. The molecule has 2 heterocycles. The minimum absolute atomic E-state index is 0.154. The average molecular weight is 332 g/mol. The van der Waals surface area contributed by atoms with Gasteiger partial charge in [0.15, 0.2) is 5.79 Å². The lowest BCUT2D eigenvalue weighted by Crippen LogP contribution is -2.49. The van der Waals surface area contributed by atoms with Crippen LogP contribution in [0.15, 0.2) is 18.2 Å². The van der Waals surface area contributed by atoms with Gasteiger partial charge in [-0.05, 0) is 18.6 Å². The van der Waals surface area contributed by atoms with Crippen molar-refractivity contribution in [2.75, 3.05) is 31.2 Å². The van der Waals surface area contributed by atoms with E-state index in [0.717, 1.165) is 12.1 Å². The van der Waals surface area contributed by atoms with Crippen LogP contribution in [0, 0.1) is 10.1 Å². The molecule has 1 aromatic rings. The van der Waals surface area contributed by atoms with E-state index in [0.29, 0.717) is 38.7 Å². The van der Waals surface area contributed by atoms with Crippen molar-refractivity contribution in [3.8, 4) is 0 Å². The molecule has 0 saturated carbocycles. The maximum absolute atomic E-state index is 12.8. The number of halogens is 3. The minimum atomic E-state index is -4.62. The van der Waals surface area contributed by atoms with Crippen LogP contribution in [0.2, 0.25) is 0 Å². The van der Waals surface area contributed by atoms with Crippen molar-refractivity contribution >= 4 is 11.4 Å². The van der Waals surface area contributed by atoms with E-state index in [2.05, 4.69) is 0 Å². The molecule has 3 rings (SSSR count). The quantitative estimate of drug-likeness (QED) is 0.615. The summed E-state index contributed by atoms with van der Waals surface area (Å²) >= 11 is 0. The maximum Gasteiger partial charge on any atom is 0.416 e. The molecule has 1 aromatic carbocycles. The van der Waals surface area contributed by atoms with Gasteiger partial charge in [-0.3, -0.25) is 10.1 Å². The van der Waals surface area contributed by atoms with E-state index in [4.69, 9.17) is 9.47 Å². The van der Waals surface area contributed by atoms with Gasteiger partial charge in [0, 0.05) is 19.0 Å². The molecule has 0 atom stereocenters. The van der Waals surface area contributed by atoms with Gasteiger partial charge in [-0.1, -0.05) is 0 Å². The summed E-state index contributed by atoms with van der Waals surface area (Å²) < 4.78 is 49.5. The SMILES string of the molecule is O=[N+]([O-])c1cc(C(F)(F)F)ccc1N1CCCC2(C1)OCCO2. The van der Waals surface area contributed by atoms with Crippen LogP contribution in [-0.4, -0.2) is 37.0 Å². The van der Waals surface area contributed by atoms with Crippen molar-refractivity contribution in [2.24, 2.45) is 0 Å². The number of nitro benzene ring substituents is 1. The molecule has 23 heavy (non-hydrogen) atoms. The van der Waals surface area contributed by atoms with Gasteiger partial charge in [0.25, 0.3) is 5.69 Å². The Balaban J connectivity index is 1.94. The fraction of sp³-hybridized carbons (Fsp3) is 0.571. The molecule has 2 aliphatic heterocycles. The molecule has 0 radical (unpaired) electrons. The molecule has 0 aromatic heterocycles. The third-order valence-corrected chi connectivity index (χ3v) is 4.07. The number of nitro groups is 1. The van der Waals surface area contributed by atoms with Gasteiger partial charge in [0.2, 0.25) is 0 Å². The standard InChI is InChI=1S/C14H15F3N2O4/c15-14(16,17)10-2-3-11(12(8-10)19(20)21)18-5-1-4-13(9-18)22-6-7-23-13/h2-3,8H,1,4-7,9H2. The highest BCUT2D eigenvalue weighted by molar-refractivity contribution is 5.65. The second-order valence-electron chi connectivity index (χ2n) is 5.59. The van der Waals surface area contributed by atoms with Crippen LogP contribution in [0.25, 0.3) is 0 Å². The minimum Gasteiger partial charge on any atom is -0.361 e. The van der Waals surface area contributed by atoms with Crippen LogP contribution >= 0.6 is 0 Å². The Labute approximate surface area is 129 Å². The molecule has 2 fully saturated rings. The number of alkyl halides is 3. The van der Waals surface area contributed by atoms with Crippen molar-refractivity contribution in [3.63, 3.8) is 0 Å². The monoisotopic (exact) mass is 332 g/mol. The zero-order valence-electron chi connectivity index (χ0n) is 12.1. The van der Waals surface area contributed by atoms with Gasteiger partial charge in [-0.2, -0.15) is 13.2 Å². The summed E-state index contributed by atoms with van der Waals surface area (Å²) in [6, 6.07) is 2.59. The normalized spacial score (nSPS) is 20.9. The molecule has 2 aliphatic rings. The molecule has 0 unspecified atom stereocenters. The molecule has 0 aliphatic carbocycles. The largest absolute Gasteiger partial charge is 0.416 e. The first-order valence-electron chi connectivity index (χ1n) is 7.19. The molecule has 0 N–H and O–H groups in total. The van der Waals surface area contributed by atoms with Crippen LogP contribution in [0.1, 0.15) is 18.4 Å². The summed E-state index contributed by atoms with van der Waals surface area (Å²) in [5.74, 6) is -0.811. The van der Waals surface area contributed by atoms with Crippen molar-refractivity contribution in [3.05, 3.63) is 33.9 Å². The van der Waals surface area contributed by atoms with E-state index in [1.54, 1.807) is 4.90 Å². The van der Waals surface area contributed by atoms with Gasteiger partial charge in [0.05, 0.1) is 30.2 Å². The number of benzene rings is 1. The van der Waals surface area contributed by atoms with E-state index in [9.17, 15) is 23.3 Å². The average Bonchev–Trinajstić information content (AvgIpc) is 2.93. The van der Waals surface area contributed by atoms with Crippen molar-refractivity contribution in [1.29, 1.82) is 0 Å². The Hall–Kier alpha value is -1.87. The summed E-state index contributed by atoms with van der Waals surface area (Å²) in [5.41, 5.74) is -1.44. The molecule has 1 spiro atoms. The van der Waals surface area contributed by atoms with Crippen LogP contribution in [0.5, 0.6) is 0 Å². The first-order chi connectivity index (χ1) is 10.8. The number of hydrogen-bond acceptors (Lipinski definition) is 5. The lowest BCUT2D eigenvalue weighted by Gasteiger charge is -2.39. The van der Waals surface area contributed by atoms with E-state index in [1.165, 1.54) is 0 Å². The number of rotatable bonds is 2. The first-order valence-corrected chi connectivity index (χ1v) is 7.19. The van der Waals surface area contributed by atoms with E-state index < -0.39 is 28.1 Å². The second-order valence-corrected chi connectivity index (χ2v) is 5.59. The predicted octanol–water partition coefficient (Wildman–Crippen LogP) is 2.96. The number of piperidine rings is 1. The number of nitrogens with zero attached hydrogens (tertiary/aromatic N) is 2. The number of anilines is 1. The molecule has 2 saturated heterocycles. The van der Waals surface area contributed by atoms with E-state index in [-0.39, 0.29) is 12.2 Å². The van der Waals surface area contributed by atoms with Gasteiger partial charge in [0.1, 0.15) is 5.69 Å². The molecule has 6 nitrogen and oxygen atoms in total. The molecular weight excluding hydrogens is 317 g/mol. The fourth-order valence-electron chi connectivity index (χ4n) is 3.04. The number of hydrogen-bond donors (Lipinski definition) is 0. The van der Waals surface area contributed by atoms with Gasteiger partial charge in [-0.15, -0.1) is 0 Å². The Morgan fingerprint density at radius 2 is 1.96 bits per heavy atom.